The number of hydrogen-bond donors (Lipinski definition) is 2. The summed E-state index contributed by atoms with van der Waals surface area (Å²) < 4.78 is 60.7. The smallest absolute Gasteiger partial charge is 0.405 e. The zero-order valence-corrected chi connectivity index (χ0v) is 14.2. The molecule has 118 valence electrons. The molecule has 0 spiro atoms. The number of hydrogen-bond acceptors (Lipinski definition) is 5. The van der Waals surface area contributed by atoms with Crippen molar-refractivity contribution in [1.82, 2.24) is 0 Å². The molecule has 0 fully saturated rings. The first-order valence-corrected chi connectivity index (χ1v) is 8.14. The summed E-state index contributed by atoms with van der Waals surface area (Å²) in [6.07, 6.45) is -2.46. The van der Waals surface area contributed by atoms with Gasteiger partial charge in [-0.1, -0.05) is 15.9 Å². The number of carbonyl (C=O) groups excluding carboxylic acids is 1. The van der Waals surface area contributed by atoms with Crippen molar-refractivity contribution in [2.45, 2.75) is 18.3 Å². The second-order valence-corrected chi connectivity index (χ2v) is 7.13. The number of carbonyl (C=O) groups is 1. The molecule has 0 aliphatic heterocycles. The van der Waals surface area contributed by atoms with Crippen molar-refractivity contribution in [2.75, 3.05) is 0 Å². The van der Waals surface area contributed by atoms with Crippen LogP contribution in [0, 0.1) is 0 Å². The number of phenols is 1. The van der Waals surface area contributed by atoms with Gasteiger partial charge in [-0.15, -0.1) is 0 Å². The highest BCUT2D eigenvalue weighted by atomic mass is 79.9. The number of halogens is 4. The minimum Gasteiger partial charge on any atom is -0.506 e. The van der Waals surface area contributed by atoms with Gasteiger partial charge in [-0.3, -0.25) is 4.55 Å². The second-order valence-electron chi connectivity index (χ2n) is 3.87. The highest BCUT2D eigenvalue weighted by molar-refractivity contribution is 9.11. The van der Waals surface area contributed by atoms with Crippen LogP contribution in [0.4, 0.5) is 8.78 Å². The average Bonchev–Trinajstić information content (AvgIpc) is 2.31. The quantitative estimate of drug-likeness (QED) is 0.537. The van der Waals surface area contributed by atoms with Crippen molar-refractivity contribution in [2.24, 2.45) is 0 Å². The van der Waals surface area contributed by atoms with Gasteiger partial charge in [0.2, 0.25) is 0 Å². The zero-order valence-electron chi connectivity index (χ0n) is 10.2. The fourth-order valence-corrected chi connectivity index (χ4v) is 2.92. The number of esters is 1. The van der Waals surface area contributed by atoms with Crippen LogP contribution in [0.15, 0.2) is 21.1 Å². The number of benzene rings is 1. The zero-order chi connectivity index (χ0) is 16.6. The van der Waals surface area contributed by atoms with Gasteiger partial charge in [0.05, 0.1) is 4.47 Å². The van der Waals surface area contributed by atoms with Crippen molar-refractivity contribution in [3.63, 3.8) is 0 Å². The molecule has 0 aliphatic rings. The molecule has 11 heteroatoms. The number of alkyl halides is 2. The third-order valence-electron chi connectivity index (χ3n) is 2.35. The summed E-state index contributed by atoms with van der Waals surface area (Å²) in [5.74, 6) is -1.95. The summed E-state index contributed by atoms with van der Waals surface area (Å²) in [6.45, 7) is 0.593. The minimum atomic E-state index is -5.75. The third kappa shape index (κ3) is 3.90. The predicted octanol–water partition coefficient (Wildman–Crippen LogP) is 2.94. The summed E-state index contributed by atoms with van der Waals surface area (Å²) in [6, 6.07) is 2.49. The SMILES string of the molecule is CC(OC(=O)c1cc(Br)cc(Br)c1O)C(F)(F)S(=O)(=O)O. The topological polar surface area (TPSA) is 101 Å². The first-order chi connectivity index (χ1) is 9.37. The summed E-state index contributed by atoms with van der Waals surface area (Å²) in [5, 5.41) is 4.97. The maximum Gasteiger partial charge on any atom is 0.405 e. The first kappa shape index (κ1) is 18.3. The Labute approximate surface area is 135 Å². The Morgan fingerprint density at radius 3 is 2.38 bits per heavy atom. The van der Waals surface area contributed by atoms with Gasteiger partial charge in [0.25, 0.3) is 0 Å². The van der Waals surface area contributed by atoms with Crippen LogP contribution in [0.1, 0.15) is 17.3 Å². The molecule has 6 nitrogen and oxygen atoms in total. The minimum absolute atomic E-state index is 0.0954. The molecule has 0 amide bonds. The van der Waals surface area contributed by atoms with Crippen LogP contribution < -0.4 is 0 Å². The van der Waals surface area contributed by atoms with Gasteiger partial charge in [0.1, 0.15) is 11.3 Å². The van der Waals surface area contributed by atoms with Gasteiger partial charge >= 0.3 is 21.3 Å². The van der Waals surface area contributed by atoms with Crippen molar-refractivity contribution in [3.8, 4) is 5.75 Å². The van der Waals surface area contributed by atoms with E-state index in [2.05, 4.69) is 36.6 Å². The molecule has 1 unspecified atom stereocenters. The van der Waals surface area contributed by atoms with E-state index >= 15 is 0 Å². The van der Waals surface area contributed by atoms with Crippen molar-refractivity contribution in [1.29, 1.82) is 0 Å². The molecule has 0 aliphatic carbocycles. The molecule has 0 saturated carbocycles. The molecular formula is C10H8Br2F2O6S. The molecule has 1 aromatic carbocycles. The van der Waals surface area contributed by atoms with Gasteiger partial charge < -0.3 is 9.84 Å². The van der Waals surface area contributed by atoms with Crippen molar-refractivity contribution >= 4 is 47.9 Å². The maximum absolute atomic E-state index is 13.3. The van der Waals surface area contributed by atoms with Crippen molar-refractivity contribution < 1.29 is 36.4 Å². The monoisotopic (exact) mass is 452 g/mol. The van der Waals surface area contributed by atoms with Gasteiger partial charge in [-0.05, 0) is 35.0 Å². The third-order valence-corrected chi connectivity index (χ3v) is 4.43. The lowest BCUT2D eigenvalue weighted by molar-refractivity contribution is -0.0551. The van der Waals surface area contributed by atoms with E-state index in [0.29, 0.717) is 11.4 Å². The molecule has 1 atom stereocenters. The normalized spacial score (nSPS) is 13.8. The molecular weight excluding hydrogens is 446 g/mol. The van der Waals surface area contributed by atoms with E-state index in [9.17, 15) is 27.1 Å². The van der Waals surface area contributed by atoms with Crippen LogP contribution in [0.3, 0.4) is 0 Å². The van der Waals surface area contributed by atoms with Gasteiger partial charge in [-0.25, -0.2) is 4.79 Å². The van der Waals surface area contributed by atoms with E-state index in [1.54, 1.807) is 0 Å². The maximum atomic E-state index is 13.3. The molecule has 0 bridgehead atoms. The predicted molar refractivity (Wildman–Crippen MR) is 74.9 cm³/mol. The van der Waals surface area contributed by atoms with E-state index in [4.69, 9.17) is 4.55 Å². The molecule has 0 aromatic heterocycles. The molecule has 0 radical (unpaired) electrons. The summed E-state index contributed by atoms with van der Waals surface area (Å²) >= 11 is 5.95. The Morgan fingerprint density at radius 2 is 1.90 bits per heavy atom. The number of phenolic OH excluding ortho intramolecular Hbond substituents is 1. The van der Waals surface area contributed by atoms with E-state index in [0.717, 1.165) is 6.07 Å². The Balaban J connectivity index is 3.08. The summed E-state index contributed by atoms with van der Waals surface area (Å²) in [4.78, 5) is 11.7. The Hall–Kier alpha value is -0.780. The molecule has 2 N–H and O–H groups in total. The van der Waals surface area contributed by atoms with E-state index in [-0.39, 0.29) is 4.47 Å². The summed E-state index contributed by atoms with van der Waals surface area (Å²) in [5.41, 5.74) is -0.464. The molecule has 21 heavy (non-hydrogen) atoms. The average molecular weight is 454 g/mol. The highest BCUT2D eigenvalue weighted by Gasteiger charge is 2.52. The van der Waals surface area contributed by atoms with Crippen LogP contribution in [0.25, 0.3) is 0 Å². The van der Waals surface area contributed by atoms with E-state index < -0.39 is 38.8 Å². The molecule has 0 saturated heterocycles. The van der Waals surface area contributed by atoms with Crippen LogP contribution in [0.2, 0.25) is 0 Å². The Morgan fingerprint density at radius 1 is 1.38 bits per heavy atom. The first-order valence-electron chi connectivity index (χ1n) is 5.11. The summed E-state index contributed by atoms with van der Waals surface area (Å²) in [7, 11) is -5.75. The largest absolute Gasteiger partial charge is 0.506 e. The van der Waals surface area contributed by atoms with Crippen LogP contribution in [-0.4, -0.2) is 35.4 Å². The fourth-order valence-electron chi connectivity index (χ4n) is 1.22. The molecule has 1 rings (SSSR count). The Bertz CT molecular complexity index is 676. The number of rotatable bonds is 4. The number of ether oxygens (including phenoxy) is 1. The highest BCUT2D eigenvalue weighted by Crippen LogP contribution is 2.33. The number of aromatic hydroxyl groups is 1. The molecule has 1 aromatic rings. The van der Waals surface area contributed by atoms with E-state index in [1.807, 2.05) is 0 Å². The van der Waals surface area contributed by atoms with Gasteiger partial charge in [-0.2, -0.15) is 17.2 Å². The van der Waals surface area contributed by atoms with E-state index in [1.165, 1.54) is 6.07 Å². The van der Waals surface area contributed by atoms with Crippen molar-refractivity contribution in [3.05, 3.63) is 26.6 Å². The van der Waals surface area contributed by atoms with Crippen LogP contribution >= 0.6 is 31.9 Å². The lowest BCUT2D eigenvalue weighted by Gasteiger charge is -2.21. The van der Waals surface area contributed by atoms with Crippen LogP contribution in [-0.2, 0) is 14.9 Å². The van der Waals surface area contributed by atoms with Gasteiger partial charge in [0, 0.05) is 4.47 Å². The standard InChI is InChI=1S/C10H8Br2F2O6S/c1-4(10(13,14)21(17,18)19)20-9(16)6-2-5(11)3-7(12)8(6)15/h2-4,15H,1H3,(H,17,18,19). The lowest BCUT2D eigenvalue weighted by atomic mass is 10.2. The van der Waals surface area contributed by atoms with Crippen LogP contribution in [0.5, 0.6) is 5.75 Å². The van der Waals surface area contributed by atoms with Gasteiger partial charge in [0.15, 0.2) is 6.10 Å². The fraction of sp³-hybridized carbons (Fsp3) is 0.300. The second kappa shape index (κ2) is 6.15. The lowest BCUT2D eigenvalue weighted by Crippen LogP contribution is -2.42. The Kier molecular flexibility index (Phi) is 5.35. The molecule has 0 heterocycles.